The molecule has 0 saturated heterocycles. The lowest BCUT2D eigenvalue weighted by molar-refractivity contribution is -0.121. The van der Waals surface area contributed by atoms with E-state index in [9.17, 15) is 9.59 Å². The molecule has 2 aromatic carbocycles. The summed E-state index contributed by atoms with van der Waals surface area (Å²) in [6.07, 6.45) is 3.28. The van der Waals surface area contributed by atoms with E-state index in [1.165, 1.54) is 0 Å². The molecule has 2 heterocycles. The molecule has 0 atom stereocenters. The predicted molar refractivity (Wildman–Crippen MR) is 122 cm³/mol. The lowest BCUT2D eigenvalue weighted by Gasteiger charge is -2.08. The Morgan fingerprint density at radius 2 is 1.77 bits per heavy atom. The number of carbonyl (C=O) groups is 2. The molecule has 7 heteroatoms. The number of aromatic nitrogens is 2. The number of hydrogen-bond donors (Lipinski definition) is 3. The Morgan fingerprint density at radius 3 is 2.55 bits per heavy atom. The number of amides is 2. The molecule has 0 unspecified atom stereocenters. The van der Waals surface area contributed by atoms with Crippen LogP contribution in [0.4, 0.5) is 0 Å². The van der Waals surface area contributed by atoms with Gasteiger partial charge < -0.3 is 4.98 Å². The molecular weight excluding hydrogens is 412 g/mol. The fraction of sp³-hybridized carbons (Fsp3) is 0.125. The number of aromatic amines is 1. The molecule has 156 valence electrons. The van der Waals surface area contributed by atoms with Gasteiger partial charge in [-0.2, -0.15) is 0 Å². The van der Waals surface area contributed by atoms with E-state index >= 15 is 0 Å². The Morgan fingerprint density at radius 1 is 0.968 bits per heavy atom. The summed E-state index contributed by atoms with van der Waals surface area (Å²) < 4.78 is 0. The topological polar surface area (TPSA) is 86.9 Å². The standard InChI is InChI=1S/C24H21ClN4O2/c25-17-12-13-20-19(15-17)18(23(27-20)21-10-4-5-14-26-21)9-6-11-22(30)28-29-24(31)16-7-2-1-3-8-16/h1-5,7-8,10,12-15,27H,6,9,11H2,(H,28,30)(H,29,31). The van der Waals surface area contributed by atoms with Gasteiger partial charge in [-0.1, -0.05) is 35.9 Å². The maximum atomic E-state index is 12.2. The largest absolute Gasteiger partial charge is 0.353 e. The first-order valence-electron chi connectivity index (χ1n) is 9.97. The second-order valence-electron chi connectivity index (χ2n) is 7.11. The quantitative estimate of drug-likeness (QED) is 0.387. The number of carbonyl (C=O) groups excluding carboxylic acids is 2. The van der Waals surface area contributed by atoms with E-state index in [4.69, 9.17) is 11.6 Å². The maximum absolute atomic E-state index is 12.2. The van der Waals surface area contributed by atoms with Crippen molar-refractivity contribution in [3.05, 3.63) is 89.1 Å². The summed E-state index contributed by atoms with van der Waals surface area (Å²) in [4.78, 5) is 32.1. The second-order valence-corrected chi connectivity index (χ2v) is 7.54. The molecule has 2 amide bonds. The molecule has 0 bridgehead atoms. The van der Waals surface area contributed by atoms with E-state index in [0.717, 1.165) is 27.9 Å². The number of aryl methyl sites for hydroxylation is 1. The van der Waals surface area contributed by atoms with Crippen molar-refractivity contribution in [3.63, 3.8) is 0 Å². The monoisotopic (exact) mass is 432 g/mol. The number of rotatable bonds is 6. The highest BCUT2D eigenvalue weighted by Gasteiger charge is 2.15. The van der Waals surface area contributed by atoms with Crippen molar-refractivity contribution in [2.24, 2.45) is 0 Å². The highest BCUT2D eigenvalue weighted by atomic mass is 35.5. The second kappa shape index (κ2) is 9.45. The van der Waals surface area contributed by atoms with E-state index in [1.54, 1.807) is 30.5 Å². The molecule has 0 aliphatic carbocycles. The first-order valence-corrected chi connectivity index (χ1v) is 10.4. The number of hydrazine groups is 1. The zero-order valence-corrected chi connectivity index (χ0v) is 17.4. The van der Waals surface area contributed by atoms with Gasteiger partial charge in [0.15, 0.2) is 0 Å². The Kier molecular flexibility index (Phi) is 6.29. The minimum absolute atomic E-state index is 0.249. The zero-order valence-electron chi connectivity index (χ0n) is 16.7. The number of H-pyrrole nitrogens is 1. The van der Waals surface area contributed by atoms with Crippen LogP contribution in [0.1, 0.15) is 28.8 Å². The molecule has 0 radical (unpaired) electrons. The number of fused-ring (bicyclic) bond motifs is 1. The van der Waals surface area contributed by atoms with Crippen molar-refractivity contribution in [2.75, 3.05) is 0 Å². The predicted octanol–water partition coefficient (Wildman–Crippen LogP) is 4.67. The number of nitrogens with one attached hydrogen (secondary N) is 3. The Hall–Kier alpha value is -3.64. The van der Waals surface area contributed by atoms with Gasteiger partial charge in [-0.25, -0.2) is 0 Å². The van der Waals surface area contributed by atoms with Crippen LogP contribution in [0.25, 0.3) is 22.3 Å². The smallest absolute Gasteiger partial charge is 0.269 e. The SMILES string of the molecule is O=C(CCCc1c(-c2ccccn2)[nH]c2ccc(Cl)cc12)NNC(=O)c1ccccc1. The first-order chi connectivity index (χ1) is 15.1. The molecule has 3 N–H and O–H groups in total. The molecule has 6 nitrogen and oxygen atoms in total. The van der Waals surface area contributed by atoms with Gasteiger partial charge in [-0.15, -0.1) is 0 Å². The van der Waals surface area contributed by atoms with Crippen molar-refractivity contribution >= 4 is 34.3 Å². The summed E-state index contributed by atoms with van der Waals surface area (Å²) in [6.45, 7) is 0. The summed E-state index contributed by atoms with van der Waals surface area (Å²) in [5, 5.41) is 1.67. The van der Waals surface area contributed by atoms with Crippen LogP contribution in [0.15, 0.2) is 72.9 Å². The van der Waals surface area contributed by atoms with Gasteiger partial charge in [0.1, 0.15) is 0 Å². The van der Waals surface area contributed by atoms with E-state index in [-0.39, 0.29) is 18.2 Å². The van der Waals surface area contributed by atoms with Crippen molar-refractivity contribution in [3.8, 4) is 11.4 Å². The molecule has 4 aromatic rings. The highest BCUT2D eigenvalue weighted by Crippen LogP contribution is 2.32. The molecular formula is C24H21ClN4O2. The minimum atomic E-state index is -0.349. The van der Waals surface area contributed by atoms with E-state index in [0.29, 0.717) is 23.4 Å². The van der Waals surface area contributed by atoms with Gasteiger partial charge in [0, 0.05) is 34.1 Å². The zero-order chi connectivity index (χ0) is 21.6. The van der Waals surface area contributed by atoms with Crippen LogP contribution < -0.4 is 10.9 Å². The fourth-order valence-corrected chi connectivity index (χ4v) is 3.66. The summed E-state index contributed by atoms with van der Waals surface area (Å²) in [7, 11) is 0. The lowest BCUT2D eigenvalue weighted by atomic mass is 10.0. The van der Waals surface area contributed by atoms with Crippen LogP contribution >= 0.6 is 11.6 Å². The van der Waals surface area contributed by atoms with Crippen LogP contribution in [0, 0.1) is 0 Å². The van der Waals surface area contributed by atoms with Crippen LogP contribution in [0.2, 0.25) is 5.02 Å². The normalized spacial score (nSPS) is 10.7. The minimum Gasteiger partial charge on any atom is -0.353 e. The van der Waals surface area contributed by atoms with Crippen LogP contribution in [-0.4, -0.2) is 21.8 Å². The Bertz CT molecular complexity index is 1210. The maximum Gasteiger partial charge on any atom is 0.269 e. The Balaban J connectivity index is 1.42. The summed E-state index contributed by atoms with van der Waals surface area (Å²) in [6, 6.07) is 20.2. The van der Waals surface area contributed by atoms with Gasteiger partial charge in [-0.05, 0) is 60.9 Å². The lowest BCUT2D eigenvalue weighted by Crippen LogP contribution is -2.41. The van der Waals surface area contributed by atoms with Crippen LogP contribution in [0.3, 0.4) is 0 Å². The third kappa shape index (κ3) is 4.92. The number of hydrogen-bond acceptors (Lipinski definition) is 3. The molecule has 2 aromatic heterocycles. The summed E-state index contributed by atoms with van der Waals surface area (Å²) in [5.74, 6) is -0.598. The summed E-state index contributed by atoms with van der Waals surface area (Å²) >= 11 is 6.22. The van der Waals surface area contributed by atoms with Crippen LogP contribution in [-0.2, 0) is 11.2 Å². The van der Waals surface area contributed by atoms with Gasteiger partial charge in [0.05, 0.1) is 11.4 Å². The van der Waals surface area contributed by atoms with Crippen molar-refractivity contribution < 1.29 is 9.59 Å². The van der Waals surface area contributed by atoms with Gasteiger partial charge >= 0.3 is 0 Å². The van der Waals surface area contributed by atoms with E-state index < -0.39 is 0 Å². The van der Waals surface area contributed by atoms with Crippen molar-refractivity contribution in [1.29, 1.82) is 0 Å². The molecule has 0 fully saturated rings. The molecule has 31 heavy (non-hydrogen) atoms. The molecule has 0 aliphatic rings. The number of benzene rings is 2. The molecule has 0 aliphatic heterocycles. The average Bonchev–Trinajstić information content (AvgIpc) is 3.16. The number of halogens is 1. The fourth-order valence-electron chi connectivity index (χ4n) is 3.49. The number of pyridine rings is 1. The first kappa shape index (κ1) is 20.6. The highest BCUT2D eigenvalue weighted by molar-refractivity contribution is 6.31. The third-order valence-corrected chi connectivity index (χ3v) is 5.21. The van der Waals surface area contributed by atoms with E-state index in [2.05, 4.69) is 20.8 Å². The Labute approximate surface area is 184 Å². The third-order valence-electron chi connectivity index (χ3n) is 4.97. The van der Waals surface area contributed by atoms with Crippen molar-refractivity contribution in [1.82, 2.24) is 20.8 Å². The molecule has 0 spiro atoms. The van der Waals surface area contributed by atoms with Gasteiger partial charge in [0.2, 0.25) is 5.91 Å². The summed E-state index contributed by atoms with van der Waals surface area (Å²) in [5.41, 5.74) is 9.21. The average molecular weight is 433 g/mol. The van der Waals surface area contributed by atoms with Gasteiger partial charge in [0.25, 0.3) is 5.91 Å². The van der Waals surface area contributed by atoms with Crippen molar-refractivity contribution in [2.45, 2.75) is 19.3 Å². The molecule has 0 saturated carbocycles. The number of nitrogens with zero attached hydrogens (tertiary/aromatic N) is 1. The van der Waals surface area contributed by atoms with E-state index in [1.807, 2.05) is 42.5 Å². The molecule has 4 rings (SSSR count). The van der Waals surface area contributed by atoms with Crippen LogP contribution in [0.5, 0.6) is 0 Å². The van der Waals surface area contributed by atoms with Gasteiger partial charge in [-0.3, -0.25) is 25.4 Å².